The minimum atomic E-state index is -0.00238. The van der Waals surface area contributed by atoms with Gasteiger partial charge in [0.2, 0.25) is 0 Å². The zero-order valence-electron chi connectivity index (χ0n) is 9.57. The molecule has 17 heavy (non-hydrogen) atoms. The summed E-state index contributed by atoms with van der Waals surface area (Å²) in [5, 5.41) is 3.56. The lowest BCUT2D eigenvalue weighted by atomic mass is 9.96. The Morgan fingerprint density at radius 3 is 2.53 bits per heavy atom. The van der Waals surface area contributed by atoms with Gasteiger partial charge >= 0.3 is 0 Å². The van der Waals surface area contributed by atoms with Gasteiger partial charge in [0.25, 0.3) is 0 Å². The van der Waals surface area contributed by atoms with E-state index in [2.05, 4.69) is 17.2 Å². The van der Waals surface area contributed by atoms with Gasteiger partial charge in [0.15, 0.2) is 5.96 Å². The van der Waals surface area contributed by atoms with E-state index in [0.29, 0.717) is 16.8 Å². The Hall–Kier alpha value is -1.68. The van der Waals surface area contributed by atoms with E-state index in [-0.39, 0.29) is 6.04 Å². The molecule has 0 radical (unpaired) electrons. The first-order valence-electron chi connectivity index (χ1n) is 5.47. The molecule has 0 saturated heterocycles. The summed E-state index contributed by atoms with van der Waals surface area (Å²) >= 11 is 5.87. The van der Waals surface area contributed by atoms with Crippen LogP contribution in [-0.4, -0.2) is 12.0 Å². The number of nitrogens with one attached hydrogen (secondary N) is 1. The Morgan fingerprint density at radius 2 is 1.94 bits per heavy atom. The monoisotopic (exact) mass is 250 g/mol. The Bertz CT molecular complexity index is 476. The van der Waals surface area contributed by atoms with Gasteiger partial charge in [-0.2, -0.15) is 0 Å². The number of rotatable bonds is 2. The standard InChI is InChI=1S/C12H15ClN4/c1-2-9-10(11(14)17-12(15)16-9)7-3-5-8(13)6-4-7/h3-6,9H,2,14H2,1H3,(H3,15,16,17). The highest BCUT2D eigenvalue weighted by Crippen LogP contribution is 2.27. The average Bonchev–Trinajstić information content (AvgIpc) is 2.30. The summed E-state index contributed by atoms with van der Waals surface area (Å²) in [7, 11) is 0. The lowest BCUT2D eigenvalue weighted by Gasteiger charge is -2.24. The molecule has 0 aliphatic carbocycles. The molecule has 4 nitrogen and oxygen atoms in total. The molecule has 0 spiro atoms. The van der Waals surface area contributed by atoms with Crippen molar-refractivity contribution in [1.82, 2.24) is 5.32 Å². The quantitative estimate of drug-likeness (QED) is 0.747. The van der Waals surface area contributed by atoms with E-state index >= 15 is 0 Å². The molecule has 0 fully saturated rings. The molecule has 5 N–H and O–H groups in total. The number of hydrogen-bond donors (Lipinski definition) is 3. The van der Waals surface area contributed by atoms with Gasteiger partial charge in [0, 0.05) is 10.6 Å². The number of benzene rings is 1. The molecule has 0 amide bonds. The van der Waals surface area contributed by atoms with Gasteiger partial charge in [-0.1, -0.05) is 30.7 Å². The number of nitrogens with zero attached hydrogens (tertiary/aromatic N) is 1. The van der Waals surface area contributed by atoms with Crippen LogP contribution in [0.15, 0.2) is 35.1 Å². The van der Waals surface area contributed by atoms with Gasteiger partial charge in [-0.25, -0.2) is 4.99 Å². The summed E-state index contributed by atoms with van der Waals surface area (Å²) in [5.74, 6) is 0.929. The molecule has 0 saturated carbocycles. The van der Waals surface area contributed by atoms with Crippen LogP contribution in [0.5, 0.6) is 0 Å². The minimum Gasteiger partial charge on any atom is -0.385 e. The highest BCUT2D eigenvalue weighted by molar-refractivity contribution is 6.30. The number of guanidine groups is 1. The lowest BCUT2D eigenvalue weighted by molar-refractivity contribution is 0.763. The normalized spacial score (nSPS) is 19.9. The van der Waals surface area contributed by atoms with Crippen molar-refractivity contribution in [2.75, 3.05) is 0 Å². The first-order chi connectivity index (χ1) is 8.11. The maximum atomic E-state index is 5.98. The maximum absolute atomic E-state index is 5.98. The Kier molecular flexibility index (Phi) is 3.24. The van der Waals surface area contributed by atoms with Gasteiger partial charge in [-0.15, -0.1) is 0 Å². The number of halogens is 1. The molecular formula is C12H15ClN4. The van der Waals surface area contributed by atoms with Crippen LogP contribution in [0, 0.1) is 0 Å². The van der Waals surface area contributed by atoms with E-state index < -0.39 is 0 Å². The summed E-state index contributed by atoms with van der Waals surface area (Å²) in [6, 6.07) is 7.55. The van der Waals surface area contributed by atoms with E-state index in [4.69, 9.17) is 23.1 Å². The molecule has 1 aliphatic heterocycles. The predicted octanol–water partition coefficient (Wildman–Crippen LogP) is 1.66. The van der Waals surface area contributed by atoms with Crippen molar-refractivity contribution in [2.24, 2.45) is 16.5 Å². The van der Waals surface area contributed by atoms with Crippen LogP contribution in [-0.2, 0) is 0 Å². The molecule has 5 heteroatoms. The van der Waals surface area contributed by atoms with Crippen molar-refractivity contribution >= 4 is 23.1 Å². The first-order valence-corrected chi connectivity index (χ1v) is 5.85. The van der Waals surface area contributed by atoms with E-state index in [0.717, 1.165) is 17.6 Å². The highest BCUT2D eigenvalue weighted by Gasteiger charge is 2.21. The predicted molar refractivity (Wildman–Crippen MR) is 71.4 cm³/mol. The van der Waals surface area contributed by atoms with Crippen molar-refractivity contribution in [3.8, 4) is 0 Å². The van der Waals surface area contributed by atoms with Crippen molar-refractivity contribution < 1.29 is 0 Å². The molecule has 1 heterocycles. The van der Waals surface area contributed by atoms with Crippen LogP contribution in [0.2, 0.25) is 5.02 Å². The van der Waals surface area contributed by atoms with Crippen LogP contribution < -0.4 is 16.8 Å². The summed E-state index contributed by atoms with van der Waals surface area (Å²) in [6.07, 6.45) is 0.848. The third kappa shape index (κ3) is 2.36. The van der Waals surface area contributed by atoms with Crippen LogP contribution in [0.25, 0.3) is 5.57 Å². The molecule has 0 bridgehead atoms. The summed E-state index contributed by atoms with van der Waals surface area (Å²) < 4.78 is 0. The minimum absolute atomic E-state index is 0.00238. The summed E-state index contributed by atoms with van der Waals surface area (Å²) in [6.45, 7) is 2.05. The van der Waals surface area contributed by atoms with Gasteiger partial charge in [0.1, 0.15) is 5.82 Å². The van der Waals surface area contributed by atoms with Crippen molar-refractivity contribution in [3.05, 3.63) is 40.7 Å². The van der Waals surface area contributed by atoms with E-state index in [1.165, 1.54) is 0 Å². The SMILES string of the molecule is CCC1N=C(N)NC(N)=C1c1ccc(Cl)cc1. The van der Waals surface area contributed by atoms with Gasteiger partial charge in [-0.05, 0) is 24.1 Å². The summed E-state index contributed by atoms with van der Waals surface area (Å²) in [4.78, 5) is 4.34. The molecule has 1 aromatic rings. The molecule has 0 aromatic heterocycles. The Labute approximate surface area is 105 Å². The fourth-order valence-corrected chi connectivity index (χ4v) is 2.05. The van der Waals surface area contributed by atoms with Crippen molar-refractivity contribution in [3.63, 3.8) is 0 Å². The second-order valence-corrected chi connectivity index (χ2v) is 4.33. The van der Waals surface area contributed by atoms with E-state index in [1.807, 2.05) is 24.3 Å². The average molecular weight is 251 g/mol. The van der Waals surface area contributed by atoms with E-state index in [1.54, 1.807) is 0 Å². The second-order valence-electron chi connectivity index (χ2n) is 3.90. The highest BCUT2D eigenvalue weighted by atomic mass is 35.5. The van der Waals surface area contributed by atoms with Gasteiger partial charge < -0.3 is 16.8 Å². The first kappa shape index (κ1) is 11.8. The molecule has 1 unspecified atom stereocenters. The fraction of sp³-hybridized carbons (Fsp3) is 0.250. The van der Waals surface area contributed by atoms with Crippen LogP contribution in [0.4, 0.5) is 0 Å². The topological polar surface area (TPSA) is 76.4 Å². The summed E-state index contributed by atoms with van der Waals surface area (Å²) in [5.41, 5.74) is 13.6. The smallest absolute Gasteiger partial charge is 0.194 e. The Morgan fingerprint density at radius 1 is 1.29 bits per heavy atom. The molecular weight excluding hydrogens is 236 g/mol. The molecule has 2 rings (SSSR count). The molecule has 1 aromatic carbocycles. The van der Waals surface area contributed by atoms with Gasteiger partial charge in [-0.3, -0.25) is 0 Å². The number of aliphatic imine (C=N–C) groups is 1. The van der Waals surface area contributed by atoms with Crippen molar-refractivity contribution in [1.29, 1.82) is 0 Å². The number of nitrogens with two attached hydrogens (primary N) is 2. The third-order valence-electron chi connectivity index (χ3n) is 2.72. The number of hydrogen-bond acceptors (Lipinski definition) is 4. The zero-order chi connectivity index (χ0) is 12.4. The fourth-order valence-electron chi connectivity index (χ4n) is 1.92. The molecule has 1 aliphatic rings. The molecule has 90 valence electrons. The van der Waals surface area contributed by atoms with E-state index in [9.17, 15) is 0 Å². The van der Waals surface area contributed by atoms with Crippen LogP contribution in [0.1, 0.15) is 18.9 Å². The second kappa shape index (κ2) is 4.67. The largest absolute Gasteiger partial charge is 0.385 e. The molecule has 1 atom stereocenters. The maximum Gasteiger partial charge on any atom is 0.194 e. The van der Waals surface area contributed by atoms with Crippen LogP contribution >= 0.6 is 11.6 Å². The zero-order valence-corrected chi connectivity index (χ0v) is 10.3. The third-order valence-corrected chi connectivity index (χ3v) is 2.97. The van der Waals surface area contributed by atoms with Gasteiger partial charge in [0.05, 0.1) is 6.04 Å². The van der Waals surface area contributed by atoms with Crippen molar-refractivity contribution in [2.45, 2.75) is 19.4 Å². The lowest BCUT2D eigenvalue weighted by Crippen LogP contribution is -2.40. The van der Waals surface area contributed by atoms with Crippen LogP contribution in [0.3, 0.4) is 0 Å². The Balaban J connectivity index is 2.42.